The van der Waals surface area contributed by atoms with Crippen molar-refractivity contribution in [2.75, 3.05) is 33.9 Å². The molecule has 28 heavy (non-hydrogen) atoms. The van der Waals surface area contributed by atoms with Crippen molar-refractivity contribution < 1.29 is 14.3 Å². The van der Waals surface area contributed by atoms with Crippen LogP contribution in [0.25, 0.3) is 11.0 Å². The minimum Gasteiger partial charge on any atom is -0.493 e. The molecule has 1 aliphatic rings. The number of Topliss-reactive ketones (excluding diaryl/α,β-unsaturated/α-hetero) is 1. The molecule has 0 saturated carbocycles. The van der Waals surface area contributed by atoms with Crippen LogP contribution in [0.3, 0.4) is 0 Å². The van der Waals surface area contributed by atoms with Gasteiger partial charge in [-0.2, -0.15) is 0 Å². The van der Waals surface area contributed by atoms with Gasteiger partial charge in [0.15, 0.2) is 17.3 Å². The molecule has 146 valence electrons. The number of carbonyl (C=O) groups excluding carboxylic acids is 1. The number of rotatable bonds is 6. The first-order valence-electron chi connectivity index (χ1n) is 9.47. The fourth-order valence-corrected chi connectivity index (χ4v) is 3.78. The fraction of sp³-hybridized carbons (Fsp3) is 0.381. The van der Waals surface area contributed by atoms with Crippen molar-refractivity contribution in [3.05, 3.63) is 48.0 Å². The Balaban J connectivity index is 1.38. The molecule has 0 N–H and O–H groups in total. The van der Waals surface area contributed by atoms with Gasteiger partial charge in [0.2, 0.25) is 0 Å². The average molecular weight is 380 g/mol. The number of aromatic nitrogens is 3. The zero-order valence-electron chi connectivity index (χ0n) is 16.2. The highest BCUT2D eigenvalue weighted by atomic mass is 16.5. The molecular formula is C21H24N4O3. The van der Waals surface area contributed by atoms with E-state index >= 15 is 0 Å². The summed E-state index contributed by atoms with van der Waals surface area (Å²) in [5.41, 5.74) is 2.64. The smallest absolute Gasteiger partial charge is 0.176 e. The van der Waals surface area contributed by atoms with Crippen molar-refractivity contribution in [2.45, 2.75) is 18.9 Å². The number of piperidine rings is 1. The summed E-state index contributed by atoms with van der Waals surface area (Å²) in [6.45, 7) is 2.12. The van der Waals surface area contributed by atoms with Gasteiger partial charge in [-0.3, -0.25) is 9.69 Å². The van der Waals surface area contributed by atoms with E-state index in [1.54, 1.807) is 32.4 Å². The molecule has 1 aromatic heterocycles. The number of para-hydroxylation sites is 1. The zero-order chi connectivity index (χ0) is 19.5. The van der Waals surface area contributed by atoms with Gasteiger partial charge >= 0.3 is 0 Å². The van der Waals surface area contributed by atoms with Crippen LogP contribution in [0.4, 0.5) is 0 Å². The second-order valence-electron chi connectivity index (χ2n) is 7.02. The highest BCUT2D eigenvalue weighted by molar-refractivity contribution is 5.98. The minimum absolute atomic E-state index is 0.0885. The lowest BCUT2D eigenvalue weighted by atomic mass is 10.0. The van der Waals surface area contributed by atoms with E-state index in [2.05, 4.69) is 21.3 Å². The Morgan fingerprint density at radius 3 is 2.57 bits per heavy atom. The topological polar surface area (TPSA) is 69.5 Å². The van der Waals surface area contributed by atoms with E-state index in [1.165, 1.54) is 0 Å². The summed E-state index contributed by atoms with van der Waals surface area (Å²) in [5, 5.41) is 8.60. The Hall–Kier alpha value is -2.93. The number of likely N-dealkylation sites (tertiary alicyclic amines) is 1. The largest absolute Gasteiger partial charge is 0.493 e. The third-order valence-corrected chi connectivity index (χ3v) is 5.35. The number of benzene rings is 2. The van der Waals surface area contributed by atoms with Crippen LogP contribution >= 0.6 is 0 Å². The van der Waals surface area contributed by atoms with Crippen molar-refractivity contribution in [2.24, 2.45) is 0 Å². The van der Waals surface area contributed by atoms with E-state index in [9.17, 15) is 4.79 Å². The Morgan fingerprint density at radius 1 is 1.07 bits per heavy atom. The highest BCUT2D eigenvalue weighted by Gasteiger charge is 2.24. The molecule has 4 rings (SSSR count). The van der Waals surface area contributed by atoms with Gasteiger partial charge < -0.3 is 9.47 Å². The number of methoxy groups -OCH3 is 2. The normalized spacial score (nSPS) is 15.6. The molecule has 0 spiro atoms. The van der Waals surface area contributed by atoms with E-state index < -0.39 is 0 Å². The van der Waals surface area contributed by atoms with Gasteiger partial charge in [-0.05, 0) is 43.2 Å². The fourth-order valence-electron chi connectivity index (χ4n) is 3.78. The molecule has 0 bridgehead atoms. The molecule has 0 unspecified atom stereocenters. The van der Waals surface area contributed by atoms with Crippen molar-refractivity contribution in [1.82, 2.24) is 19.9 Å². The first-order chi connectivity index (χ1) is 13.7. The van der Waals surface area contributed by atoms with Gasteiger partial charge in [-0.15, -0.1) is 5.10 Å². The molecular weight excluding hydrogens is 356 g/mol. The summed E-state index contributed by atoms with van der Waals surface area (Å²) in [7, 11) is 3.16. The van der Waals surface area contributed by atoms with Gasteiger partial charge in [0.05, 0.1) is 32.3 Å². The van der Waals surface area contributed by atoms with E-state index in [-0.39, 0.29) is 5.78 Å². The van der Waals surface area contributed by atoms with Crippen molar-refractivity contribution >= 4 is 16.8 Å². The summed E-state index contributed by atoms with van der Waals surface area (Å²) in [6, 6.07) is 13.7. The number of hydrogen-bond donors (Lipinski definition) is 0. The third kappa shape index (κ3) is 3.57. The van der Waals surface area contributed by atoms with Crippen molar-refractivity contribution in [1.29, 1.82) is 0 Å². The maximum Gasteiger partial charge on any atom is 0.176 e. The highest BCUT2D eigenvalue weighted by Crippen LogP contribution is 2.28. The lowest BCUT2D eigenvalue weighted by molar-refractivity contribution is 0.0895. The monoisotopic (exact) mass is 380 g/mol. The Labute approximate surface area is 163 Å². The Bertz CT molecular complexity index is 977. The SMILES string of the molecule is COc1ccc(C(=O)CN2CCC(n3nnc4ccccc43)CC2)cc1OC. The van der Waals surface area contributed by atoms with E-state index in [4.69, 9.17) is 9.47 Å². The lowest BCUT2D eigenvalue weighted by Crippen LogP contribution is -2.38. The first kappa shape index (κ1) is 18.4. The Morgan fingerprint density at radius 2 is 1.82 bits per heavy atom. The summed E-state index contributed by atoms with van der Waals surface area (Å²) in [6.07, 6.45) is 1.90. The summed E-state index contributed by atoms with van der Waals surface area (Å²) in [4.78, 5) is 14.9. The number of hydrogen-bond acceptors (Lipinski definition) is 6. The second kappa shape index (κ2) is 7.98. The van der Waals surface area contributed by atoms with E-state index in [1.807, 2.05) is 22.9 Å². The van der Waals surface area contributed by atoms with Crippen molar-refractivity contribution in [3.63, 3.8) is 0 Å². The molecule has 0 aliphatic carbocycles. The molecule has 0 amide bonds. The molecule has 3 aromatic rings. The standard InChI is InChI=1S/C21H24N4O3/c1-27-20-8-7-15(13-21(20)28-2)19(26)14-24-11-9-16(10-12-24)25-18-6-4-3-5-17(18)22-23-25/h3-8,13,16H,9-12,14H2,1-2H3. The van der Waals surface area contributed by atoms with Crippen LogP contribution in [-0.4, -0.2) is 59.5 Å². The third-order valence-electron chi connectivity index (χ3n) is 5.35. The van der Waals surface area contributed by atoms with Crippen LogP contribution in [0.1, 0.15) is 29.2 Å². The van der Waals surface area contributed by atoms with Crippen molar-refractivity contribution in [3.8, 4) is 11.5 Å². The van der Waals surface area contributed by atoms with Crippen LogP contribution in [-0.2, 0) is 0 Å². The van der Waals surface area contributed by atoms with Crippen LogP contribution < -0.4 is 9.47 Å². The lowest BCUT2D eigenvalue weighted by Gasteiger charge is -2.31. The average Bonchev–Trinajstić information content (AvgIpc) is 3.18. The van der Waals surface area contributed by atoms with E-state index in [0.29, 0.717) is 29.6 Å². The van der Waals surface area contributed by atoms with Gasteiger partial charge in [0.1, 0.15) is 5.52 Å². The van der Waals surface area contributed by atoms with Gasteiger partial charge in [-0.25, -0.2) is 4.68 Å². The van der Waals surface area contributed by atoms with Crippen LogP contribution in [0.2, 0.25) is 0 Å². The maximum atomic E-state index is 12.7. The summed E-state index contributed by atoms with van der Waals surface area (Å²) in [5.74, 6) is 1.29. The first-order valence-corrected chi connectivity index (χ1v) is 9.47. The van der Waals surface area contributed by atoms with Crippen LogP contribution in [0.15, 0.2) is 42.5 Å². The minimum atomic E-state index is 0.0885. The van der Waals surface area contributed by atoms with Gasteiger partial charge in [-0.1, -0.05) is 17.3 Å². The van der Waals surface area contributed by atoms with Gasteiger partial charge in [0.25, 0.3) is 0 Å². The van der Waals surface area contributed by atoms with E-state index in [0.717, 1.165) is 37.0 Å². The summed E-state index contributed by atoms with van der Waals surface area (Å²) >= 11 is 0. The number of nitrogens with zero attached hydrogens (tertiary/aromatic N) is 4. The zero-order valence-corrected chi connectivity index (χ0v) is 16.2. The number of carbonyl (C=O) groups is 1. The molecule has 7 heteroatoms. The maximum absolute atomic E-state index is 12.7. The molecule has 0 radical (unpaired) electrons. The molecule has 1 fully saturated rings. The molecule has 2 heterocycles. The number of fused-ring (bicyclic) bond motifs is 1. The van der Waals surface area contributed by atoms with Crippen LogP contribution in [0.5, 0.6) is 11.5 Å². The number of ketones is 1. The predicted octanol–water partition coefficient (Wildman–Crippen LogP) is 2.97. The number of ether oxygens (including phenoxy) is 2. The predicted molar refractivity (Wildman–Crippen MR) is 106 cm³/mol. The molecule has 1 saturated heterocycles. The Kier molecular flexibility index (Phi) is 5.25. The van der Waals surface area contributed by atoms with Gasteiger partial charge in [0, 0.05) is 18.7 Å². The van der Waals surface area contributed by atoms with Crippen LogP contribution in [0, 0.1) is 0 Å². The molecule has 0 atom stereocenters. The molecule has 2 aromatic carbocycles. The molecule has 7 nitrogen and oxygen atoms in total. The molecule has 1 aliphatic heterocycles. The second-order valence-corrected chi connectivity index (χ2v) is 7.02. The summed E-state index contributed by atoms with van der Waals surface area (Å²) < 4.78 is 12.6. The quantitative estimate of drug-likeness (QED) is 0.613.